The Balaban J connectivity index is 1.65. The second-order valence-corrected chi connectivity index (χ2v) is 16.2. The Morgan fingerprint density at radius 2 is 1.85 bits per heavy atom. The SMILES string of the molecule is CC1(C)O[C@@H]2[C@@H](O[Si](C)(C)C(C)(C)C)O[C@@H](n3cc(Br)c(Nc4ccccc4O)nc3=O)[C@@H]2O1. The molecule has 9 nitrogen and oxygen atoms in total. The van der Waals surface area contributed by atoms with Crippen LogP contribution in [0.5, 0.6) is 5.75 Å². The number of phenols is 1. The van der Waals surface area contributed by atoms with Gasteiger partial charge in [0.2, 0.25) is 0 Å². The second kappa shape index (κ2) is 8.72. The molecule has 0 saturated carbocycles. The van der Waals surface area contributed by atoms with Crippen LogP contribution >= 0.6 is 15.9 Å². The smallest absolute Gasteiger partial charge is 0.351 e. The Morgan fingerprint density at radius 3 is 2.50 bits per heavy atom. The summed E-state index contributed by atoms with van der Waals surface area (Å²) in [7, 11) is -2.20. The highest BCUT2D eigenvalue weighted by atomic mass is 79.9. The van der Waals surface area contributed by atoms with Crippen molar-refractivity contribution in [2.24, 2.45) is 0 Å². The molecule has 0 aliphatic carbocycles. The normalized spacial score (nSPS) is 26.5. The zero-order valence-corrected chi connectivity index (χ0v) is 23.0. The van der Waals surface area contributed by atoms with E-state index in [1.807, 2.05) is 13.8 Å². The molecule has 0 radical (unpaired) electrons. The van der Waals surface area contributed by atoms with Crippen molar-refractivity contribution in [1.82, 2.24) is 9.55 Å². The summed E-state index contributed by atoms with van der Waals surface area (Å²) in [6.45, 7) is 14.4. The molecule has 1 aromatic carbocycles. The van der Waals surface area contributed by atoms with E-state index < -0.39 is 44.5 Å². The summed E-state index contributed by atoms with van der Waals surface area (Å²) in [4.78, 5) is 17.2. The van der Waals surface area contributed by atoms with Gasteiger partial charge in [0, 0.05) is 6.20 Å². The van der Waals surface area contributed by atoms with Crippen LogP contribution in [-0.2, 0) is 18.6 Å². The lowest BCUT2D eigenvalue weighted by molar-refractivity contribution is -0.227. The second-order valence-electron chi connectivity index (χ2n) is 10.6. The summed E-state index contributed by atoms with van der Waals surface area (Å²) in [5.41, 5.74) is -0.103. The number of nitrogens with zero attached hydrogens (tertiary/aromatic N) is 2. The van der Waals surface area contributed by atoms with Crippen molar-refractivity contribution in [2.75, 3.05) is 5.32 Å². The first-order chi connectivity index (χ1) is 15.7. The van der Waals surface area contributed by atoms with E-state index in [0.29, 0.717) is 10.2 Å². The van der Waals surface area contributed by atoms with E-state index in [4.69, 9.17) is 18.6 Å². The van der Waals surface area contributed by atoms with Crippen LogP contribution in [-0.4, -0.2) is 47.3 Å². The van der Waals surface area contributed by atoms with Crippen LogP contribution in [0.3, 0.4) is 0 Å². The minimum atomic E-state index is -2.20. The first-order valence-electron chi connectivity index (χ1n) is 11.2. The molecule has 34 heavy (non-hydrogen) atoms. The highest BCUT2D eigenvalue weighted by molar-refractivity contribution is 9.10. The van der Waals surface area contributed by atoms with Crippen molar-refractivity contribution < 1.29 is 23.7 Å². The van der Waals surface area contributed by atoms with Crippen LogP contribution < -0.4 is 11.0 Å². The van der Waals surface area contributed by atoms with Gasteiger partial charge in [0.1, 0.15) is 18.0 Å². The van der Waals surface area contributed by atoms with Gasteiger partial charge in [-0.2, -0.15) is 4.98 Å². The van der Waals surface area contributed by atoms with Crippen LogP contribution in [0.25, 0.3) is 0 Å². The fourth-order valence-corrected chi connectivity index (χ4v) is 5.28. The molecule has 0 amide bonds. The predicted octanol–water partition coefficient (Wildman–Crippen LogP) is 4.85. The summed E-state index contributed by atoms with van der Waals surface area (Å²) in [6.07, 6.45) is -0.894. The van der Waals surface area contributed by atoms with Crippen molar-refractivity contribution in [3.05, 3.63) is 45.4 Å². The molecular formula is C23H32BrN3O6Si. The molecule has 2 aliphatic heterocycles. The number of halogens is 1. The molecule has 186 valence electrons. The molecule has 0 bridgehead atoms. The minimum Gasteiger partial charge on any atom is -0.506 e. The van der Waals surface area contributed by atoms with Gasteiger partial charge in [-0.05, 0) is 60.0 Å². The molecule has 4 atom stereocenters. The quantitative estimate of drug-likeness (QED) is 0.399. The molecule has 2 aromatic rings. The number of fused-ring (bicyclic) bond motifs is 1. The summed E-state index contributed by atoms with van der Waals surface area (Å²) >= 11 is 3.48. The van der Waals surface area contributed by atoms with Gasteiger partial charge < -0.3 is 29.1 Å². The lowest BCUT2D eigenvalue weighted by Crippen LogP contribution is -2.47. The molecule has 0 unspecified atom stereocenters. The van der Waals surface area contributed by atoms with Gasteiger partial charge in [-0.15, -0.1) is 0 Å². The third-order valence-corrected chi connectivity index (χ3v) is 11.6. The molecule has 11 heteroatoms. The highest BCUT2D eigenvalue weighted by Gasteiger charge is 2.58. The number of aromatic nitrogens is 2. The van der Waals surface area contributed by atoms with Crippen molar-refractivity contribution in [3.8, 4) is 5.75 Å². The number of ether oxygens (including phenoxy) is 3. The Kier molecular flexibility index (Phi) is 6.50. The number of phenolic OH excluding ortho intramolecular Hbond substituents is 1. The van der Waals surface area contributed by atoms with Crippen molar-refractivity contribution in [2.45, 2.75) is 83.3 Å². The standard InChI is InChI=1S/C23H32BrN3O6Si/c1-22(2,3)34(6,7)33-20-17-16(31-23(4,5)32-17)19(30-20)27-12-13(24)18(26-21(27)29)25-14-10-8-9-11-15(14)28/h8-12,16-17,19-20,28H,1-7H3,(H,25,26,29)/t16-,17+,19-,20-/m1/s1. The maximum absolute atomic E-state index is 13.1. The summed E-state index contributed by atoms with van der Waals surface area (Å²) in [6, 6.07) is 6.72. The van der Waals surface area contributed by atoms with Gasteiger partial charge in [-0.25, -0.2) is 4.79 Å². The first kappa shape index (κ1) is 25.3. The zero-order valence-electron chi connectivity index (χ0n) is 20.5. The van der Waals surface area contributed by atoms with Crippen LogP contribution in [0.4, 0.5) is 11.5 Å². The maximum Gasteiger partial charge on any atom is 0.351 e. The molecule has 2 aliphatic rings. The number of nitrogens with one attached hydrogen (secondary N) is 1. The third kappa shape index (κ3) is 4.82. The van der Waals surface area contributed by atoms with E-state index in [0.717, 1.165) is 0 Å². The monoisotopic (exact) mass is 553 g/mol. The third-order valence-electron chi connectivity index (χ3n) is 6.54. The zero-order chi connectivity index (χ0) is 25.1. The van der Waals surface area contributed by atoms with Gasteiger partial charge in [-0.1, -0.05) is 32.9 Å². The molecule has 3 heterocycles. The van der Waals surface area contributed by atoms with E-state index in [-0.39, 0.29) is 16.6 Å². The van der Waals surface area contributed by atoms with Gasteiger partial charge in [0.15, 0.2) is 32.4 Å². The molecule has 4 rings (SSSR count). The van der Waals surface area contributed by atoms with Gasteiger partial charge in [0.05, 0.1) is 10.2 Å². The van der Waals surface area contributed by atoms with Crippen LogP contribution in [0, 0.1) is 0 Å². The Labute approximate surface area is 208 Å². The highest BCUT2D eigenvalue weighted by Crippen LogP contribution is 2.46. The van der Waals surface area contributed by atoms with E-state index in [1.54, 1.807) is 30.5 Å². The van der Waals surface area contributed by atoms with E-state index in [1.165, 1.54) is 4.57 Å². The van der Waals surface area contributed by atoms with Crippen LogP contribution in [0.1, 0.15) is 40.8 Å². The van der Waals surface area contributed by atoms with E-state index >= 15 is 0 Å². The van der Waals surface area contributed by atoms with Crippen LogP contribution in [0.15, 0.2) is 39.7 Å². The average molecular weight is 555 g/mol. The Bertz CT molecular complexity index is 1130. The molecule has 2 N–H and O–H groups in total. The largest absolute Gasteiger partial charge is 0.506 e. The number of benzene rings is 1. The summed E-state index contributed by atoms with van der Waals surface area (Å²) < 4.78 is 27.0. The van der Waals surface area contributed by atoms with Crippen LogP contribution in [0.2, 0.25) is 18.1 Å². The fraction of sp³-hybridized carbons (Fsp3) is 0.565. The van der Waals surface area contributed by atoms with Gasteiger partial charge in [-0.3, -0.25) is 4.57 Å². The lowest BCUT2D eigenvalue weighted by atomic mass is 10.2. The van der Waals surface area contributed by atoms with Crippen molar-refractivity contribution >= 4 is 35.8 Å². The lowest BCUT2D eigenvalue weighted by Gasteiger charge is -2.39. The first-order valence-corrected chi connectivity index (χ1v) is 14.9. The van der Waals surface area contributed by atoms with E-state index in [2.05, 4.69) is 60.1 Å². The number of aromatic hydroxyl groups is 1. The van der Waals surface area contributed by atoms with Crippen molar-refractivity contribution in [1.29, 1.82) is 0 Å². The fourth-order valence-electron chi connectivity index (χ4n) is 3.75. The Morgan fingerprint density at radius 1 is 1.21 bits per heavy atom. The molecule has 2 saturated heterocycles. The molecule has 1 aromatic heterocycles. The molecular weight excluding hydrogens is 522 g/mol. The number of rotatable bonds is 5. The molecule has 0 spiro atoms. The Hall–Kier alpha value is -1.76. The maximum atomic E-state index is 13.1. The summed E-state index contributed by atoms with van der Waals surface area (Å²) in [5.74, 6) is -0.519. The van der Waals surface area contributed by atoms with Gasteiger partial charge >= 0.3 is 5.69 Å². The number of hydrogen-bond donors (Lipinski definition) is 2. The topological polar surface area (TPSA) is 104 Å². The van der Waals surface area contributed by atoms with Crippen molar-refractivity contribution in [3.63, 3.8) is 0 Å². The number of para-hydroxylation sites is 2. The van der Waals surface area contributed by atoms with E-state index in [9.17, 15) is 9.90 Å². The number of anilines is 2. The minimum absolute atomic E-state index is 0.0311. The summed E-state index contributed by atoms with van der Waals surface area (Å²) in [5, 5.41) is 13.0. The van der Waals surface area contributed by atoms with Gasteiger partial charge in [0.25, 0.3) is 0 Å². The number of hydrogen-bond acceptors (Lipinski definition) is 8. The predicted molar refractivity (Wildman–Crippen MR) is 134 cm³/mol. The average Bonchev–Trinajstić information content (AvgIpc) is 3.18. The molecule has 2 fully saturated rings.